The lowest BCUT2D eigenvalue weighted by molar-refractivity contribution is -0.139. The van der Waals surface area contributed by atoms with Gasteiger partial charge in [0, 0.05) is 11.8 Å². The van der Waals surface area contributed by atoms with Gasteiger partial charge in [0.2, 0.25) is 5.88 Å². The summed E-state index contributed by atoms with van der Waals surface area (Å²) in [5.41, 5.74) is 11.8. The fourth-order valence-electron chi connectivity index (χ4n) is 2.74. The van der Waals surface area contributed by atoms with E-state index in [1.54, 1.807) is 0 Å². The van der Waals surface area contributed by atoms with E-state index in [-0.39, 0.29) is 17.1 Å². The first-order valence-electron chi connectivity index (χ1n) is 7.56. The van der Waals surface area contributed by atoms with Gasteiger partial charge < -0.3 is 15.9 Å². The van der Waals surface area contributed by atoms with E-state index in [4.69, 9.17) is 15.9 Å². The van der Waals surface area contributed by atoms with Crippen LogP contribution in [0.15, 0.2) is 28.8 Å². The summed E-state index contributed by atoms with van der Waals surface area (Å²) in [5.74, 6) is -1.37. The molecule has 4 nitrogen and oxygen atoms in total. The number of aromatic nitrogens is 1. The van der Waals surface area contributed by atoms with Crippen molar-refractivity contribution in [3.8, 4) is 11.1 Å². The molecular weight excluding hydrogens is 338 g/mol. The minimum absolute atomic E-state index is 0.0280. The fraction of sp³-hybridized carbons (Fsp3) is 0.235. The van der Waals surface area contributed by atoms with E-state index >= 15 is 0 Å². The average molecular weight is 353 g/mol. The van der Waals surface area contributed by atoms with Crippen molar-refractivity contribution in [2.24, 2.45) is 0 Å². The minimum atomic E-state index is -4.81. The topological polar surface area (TPSA) is 78.1 Å². The normalized spacial score (nSPS) is 12.0. The number of furan rings is 1. The molecular formula is C17H15F4N3O. The van der Waals surface area contributed by atoms with Crippen LogP contribution in [-0.4, -0.2) is 4.98 Å². The molecule has 2 aromatic heterocycles. The largest absolute Gasteiger partial charge is 0.437 e. The molecule has 8 heteroatoms. The van der Waals surface area contributed by atoms with Crippen LogP contribution in [0, 0.1) is 5.82 Å². The summed E-state index contributed by atoms with van der Waals surface area (Å²) in [6.07, 6.45) is -2.01. The molecule has 0 bridgehead atoms. The number of hydrogen-bond donors (Lipinski definition) is 2. The number of alkyl halides is 3. The number of hydrogen-bond acceptors (Lipinski definition) is 4. The summed E-state index contributed by atoms with van der Waals surface area (Å²) in [5, 5.41) is 0.385. The molecule has 132 valence electrons. The third kappa shape index (κ3) is 2.88. The summed E-state index contributed by atoms with van der Waals surface area (Å²) in [7, 11) is 0. The first kappa shape index (κ1) is 17.1. The maximum absolute atomic E-state index is 13.5. The van der Waals surface area contributed by atoms with Crippen molar-refractivity contribution >= 4 is 22.5 Å². The van der Waals surface area contributed by atoms with Gasteiger partial charge in [-0.2, -0.15) is 13.2 Å². The summed E-state index contributed by atoms with van der Waals surface area (Å²) < 4.78 is 58.0. The lowest BCUT2D eigenvalue weighted by Crippen LogP contribution is -2.08. The monoisotopic (exact) mass is 353 g/mol. The van der Waals surface area contributed by atoms with Gasteiger partial charge in [0.05, 0.1) is 16.6 Å². The number of benzene rings is 1. The van der Waals surface area contributed by atoms with Crippen molar-refractivity contribution in [2.45, 2.75) is 25.9 Å². The predicted molar refractivity (Wildman–Crippen MR) is 87.2 cm³/mol. The predicted octanol–water partition coefficient (Wildman–Crippen LogP) is 4.77. The highest BCUT2D eigenvalue weighted by molar-refractivity contribution is 6.06. The highest BCUT2D eigenvalue weighted by Gasteiger charge is 2.34. The van der Waals surface area contributed by atoms with Crippen molar-refractivity contribution in [1.82, 2.24) is 4.98 Å². The summed E-state index contributed by atoms with van der Waals surface area (Å²) in [4.78, 5) is 4.26. The molecule has 0 aliphatic carbocycles. The Bertz CT molecular complexity index is 947. The molecule has 0 aliphatic rings. The Morgan fingerprint density at radius 1 is 1.20 bits per heavy atom. The summed E-state index contributed by atoms with van der Waals surface area (Å²) >= 11 is 0. The first-order valence-corrected chi connectivity index (χ1v) is 7.56. The van der Waals surface area contributed by atoms with Crippen LogP contribution in [0.25, 0.3) is 22.1 Å². The highest BCUT2D eigenvalue weighted by atomic mass is 19.4. The molecule has 2 heterocycles. The molecule has 0 aliphatic heterocycles. The number of nitrogen functional groups attached to an aromatic ring is 2. The van der Waals surface area contributed by atoms with Crippen LogP contribution in [0.1, 0.15) is 24.6 Å². The number of fused-ring (bicyclic) bond motifs is 1. The van der Waals surface area contributed by atoms with Crippen LogP contribution in [0.2, 0.25) is 0 Å². The standard InChI is InChI=1S/C17H15F4N3O/c1-2-3-12-15-13(14(22)16(23)25-15)9(7-24-12)8-4-5-11(18)10(6-8)17(19,20)21/h4-7H,2-3,22-23H2,1H3. The molecule has 3 aromatic rings. The van der Waals surface area contributed by atoms with E-state index in [1.165, 1.54) is 12.3 Å². The van der Waals surface area contributed by atoms with Gasteiger partial charge in [0.25, 0.3) is 0 Å². The zero-order chi connectivity index (χ0) is 18.4. The number of halogens is 4. The van der Waals surface area contributed by atoms with Gasteiger partial charge in [-0.25, -0.2) is 4.39 Å². The lowest BCUT2D eigenvalue weighted by atomic mass is 9.99. The van der Waals surface area contributed by atoms with E-state index in [9.17, 15) is 17.6 Å². The molecule has 0 fully saturated rings. The quantitative estimate of drug-likeness (QED) is 0.665. The van der Waals surface area contributed by atoms with E-state index in [0.717, 1.165) is 18.6 Å². The number of rotatable bonds is 3. The number of nitrogens with zero attached hydrogens (tertiary/aromatic N) is 1. The second-order valence-corrected chi connectivity index (χ2v) is 5.65. The fourth-order valence-corrected chi connectivity index (χ4v) is 2.74. The molecule has 1 aromatic carbocycles. The molecule has 0 unspecified atom stereocenters. The molecule has 0 saturated carbocycles. The van der Waals surface area contributed by atoms with Gasteiger partial charge in [-0.1, -0.05) is 19.4 Å². The summed E-state index contributed by atoms with van der Waals surface area (Å²) in [6.45, 7) is 1.95. The number of aryl methyl sites for hydroxylation is 1. The Balaban J connectivity index is 2.29. The Labute approximate surface area is 140 Å². The molecule has 0 radical (unpaired) electrons. The van der Waals surface area contributed by atoms with Gasteiger partial charge in [-0.3, -0.25) is 4.98 Å². The molecule has 0 atom stereocenters. The third-order valence-corrected chi connectivity index (χ3v) is 3.92. The SMILES string of the molecule is CCCc1ncc(-c2ccc(F)c(C(F)(F)F)c2)c2c(N)c(N)oc12. The Hall–Kier alpha value is -2.77. The van der Waals surface area contributed by atoms with Gasteiger partial charge in [-0.05, 0) is 24.1 Å². The first-order chi connectivity index (χ1) is 11.7. The van der Waals surface area contributed by atoms with E-state index in [2.05, 4.69) is 4.98 Å². The van der Waals surface area contributed by atoms with E-state index in [0.29, 0.717) is 28.6 Å². The number of pyridine rings is 1. The maximum atomic E-state index is 13.5. The zero-order valence-electron chi connectivity index (χ0n) is 13.2. The molecule has 25 heavy (non-hydrogen) atoms. The second kappa shape index (κ2) is 5.94. The maximum Gasteiger partial charge on any atom is 0.419 e. The smallest absolute Gasteiger partial charge is 0.419 e. The number of anilines is 2. The molecule has 0 amide bonds. The van der Waals surface area contributed by atoms with Crippen LogP contribution in [-0.2, 0) is 12.6 Å². The Morgan fingerprint density at radius 3 is 2.56 bits per heavy atom. The summed E-state index contributed by atoms with van der Waals surface area (Å²) in [6, 6.07) is 2.74. The van der Waals surface area contributed by atoms with Gasteiger partial charge in [0.15, 0.2) is 5.58 Å². The van der Waals surface area contributed by atoms with Gasteiger partial charge in [0.1, 0.15) is 11.5 Å². The zero-order valence-corrected chi connectivity index (χ0v) is 13.2. The van der Waals surface area contributed by atoms with Crippen molar-refractivity contribution in [1.29, 1.82) is 0 Å². The highest BCUT2D eigenvalue weighted by Crippen LogP contribution is 2.41. The van der Waals surface area contributed by atoms with Crippen LogP contribution in [0.3, 0.4) is 0 Å². The Kier molecular flexibility index (Phi) is 4.06. The van der Waals surface area contributed by atoms with Crippen LogP contribution in [0.5, 0.6) is 0 Å². The third-order valence-electron chi connectivity index (χ3n) is 3.92. The minimum Gasteiger partial charge on any atom is -0.437 e. The van der Waals surface area contributed by atoms with Crippen LogP contribution >= 0.6 is 0 Å². The molecule has 0 saturated heterocycles. The van der Waals surface area contributed by atoms with Crippen molar-refractivity contribution in [3.05, 3.63) is 41.5 Å². The molecule has 4 N–H and O–H groups in total. The Morgan fingerprint density at radius 2 is 1.92 bits per heavy atom. The van der Waals surface area contributed by atoms with Crippen molar-refractivity contribution in [2.75, 3.05) is 11.5 Å². The van der Waals surface area contributed by atoms with E-state index in [1.807, 2.05) is 6.92 Å². The van der Waals surface area contributed by atoms with E-state index < -0.39 is 17.6 Å². The van der Waals surface area contributed by atoms with Gasteiger partial charge in [-0.15, -0.1) is 0 Å². The van der Waals surface area contributed by atoms with Gasteiger partial charge >= 0.3 is 6.18 Å². The average Bonchev–Trinajstić information content (AvgIpc) is 2.84. The van der Waals surface area contributed by atoms with Crippen LogP contribution in [0.4, 0.5) is 29.1 Å². The van der Waals surface area contributed by atoms with Crippen molar-refractivity contribution < 1.29 is 22.0 Å². The van der Waals surface area contributed by atoms with Crippen molar-refractivity contribution in [3.63, 3.8) is 0 Å². The molecule has 3 rings (SSSR count). The second-order valence-electron chi connectivity index (χ2n) is 5.65. The lowest BCUT2D eigenvalue weighted by Gasteiger charge is -2.11. The molecule has 0 spiro atoms. The number of nitrogens with two attached hydrogens (primary N) is 2. The van der Waals surface area contributed by atoms with Crippen LogP contribution < -0.4 is 11.5 Å².